The monoisotopic (exact) mass is 234 g/mol. The van der Waals surface area contributed by atoms with Gasteiger partial charge in [0, 0.05) is 24.5 Å². The van der Waals surface area contributed by atoms with Crippen molar-refractivity contribution in [3.05, 3.63) is 35.7 Å². The molecule has 1 heterocycles. The van der Waals surface area contributed by atoms with E-state index in [-0.39, 0.29) is 23.4 Å². The summed E-state index contributed by atoms with van der Waals surface area (Å²) < 4.78 is 12.9. The number of nitrogens with zero attached hydrogens (tertiary/aromatic N) is 1. The van der Waals surface area contributed by atoms with Crippen LogP contribution in [0.1, 0.15) is 13.3 Å². The number of rotatable bonds is 2. The lowest BCUT2D eigenvalue weighted by atomic mass is 9.77. The molecule has 2 atom stereocenters. The lowest BCUT2D eigenvalue weighted by molar-refractivity contribution is -0.123. The van der Waals surface area contributed by atoms with Crippen molar-refractivity contribution in [2.24, 2.45) is 11.8 Å². The third-order valence-corrected chi connectivity index (χ3v) is 3.54. The zero-order valence-corrected chi connectivity index (χ0v) is 10.2. The predicted octanol–water partition coefficient (Wildman–Crippen LogP) is 2.30. The van der Waals surface area contributed by atoms with Gasteiger partial charge in [0.05, 0.1) is 12.2 Å². The first-order valence-corrected chi connectivity index (χ1v) is 5.94. The molecule has 0 N–H and O–H groups in total. The standard InChI is InChI=1S/C14H17FNO/c1-10(17)14-9-16(2)8-7-13(14)11-3-5-12(15)6-4-11/h3,5-6,13-14H,7-9H2,1-2H3/q+1/t13?,14-/m1/s1. The van der Waals surface area contributed by atoms with Gasteiger partial charge in [-0.3, -0.25) is 4.79 Å². The van der Waals surface area contributed by atoms with Gasteiger partial charge in [-0.25, -0.2) is 0 Å². The second-order valence-electron chi connectivity index (χ2n) is 4.84. The summed E-state index contributed by atoms with van der Waals surface area (Å²) in [6.45, 7) is 3.39. The van der Waals surface area contributed by atoms with Crippen molar-refractivity contribution in [3.63, 3.8) is 0 Å². The molecule has 0 aromatic heterocycles. The van der Waals surface area contributed by atoms with Crippen LogP contribution in [0.3, 0.4) is 0 Å². The molecule has 17 heavy (non-hydrogen) atoms. The number of carbonyl (C=O) groups is 1. The maximum atomic E-state index is 12.9. The highest BCUT2D eigenvalue weighted by molar-refractivity contribution is 5.79. The number of Topliss-reactive ketones (excluding diaryl/α,β-unsaturated/α-hetero) is 1. The van der Waals surface area contributed by atoms with Gasteiger partial charge in [-0.05, 0) is 26.9 Å². The number of ketones is 1. The van der Waals surface area contributed by atoms with Crippen LogP contribution in [-0.4, -0.2) is 30.8 Å². The first-order valence-electron chi connectivity index (χ1n) is 5.94. The van der Waals surface area contributed by atoms with Gasteiger partial charge in [0.15, 0.2) is 0 Å². The van der Waals surface area contributed by atoms with Crippen molar-refractivity contribution in [3.8, 4) is 0 Å². The maximum absolute atomic E-state index is 12.9. The van der Waals surface area contributed by atoms with E-state index in [1.165, 1.54) is 12.2 Å². The smallest absolute Gasteiger partial charge is 0.240 e. The molecule has 0 bridgehead atoms. The van der Waals surface area contributed by atoms with Gasteiger partial charge in [-0.1, -0.05) is 0 Å². The van der Waals surface area contributed by atoms with Crippen LogP contribution in [0.5, 0.6) is 0 Å². The van der Waals surface area contributed by atoms with E-state index < -0.39 is 0 Å². The van der Waals surface area contributed by atoms with Gasteiger partial charge in [0.1, 0.15) is 17.4 Å². The van der Waals surface area contributed by atoms with Gasteiger partial charge in [0.25, 0.3) is 0 Å². The molecule has 0 radical (unpaired) electrons. The molecule has 1 aliphatic carbocycles. The Bertz CT molecular complexity index is 408. The number of hydrogen-bond acceptors (Lipinski definition) is 2. The Morgan fingerprint density at radius 1 is 1.53 bits per heavy atom. The number of allylic oxidation sites excluding steroid dienone is 6. The molecule has 2 nitrogen and oxygen atoms in total. The fraction of sp³-hybridized carbons (Fsp3) is 0.500. The Hall–Kier alpha value is -1.31. The van der Waals surface area contributed by atoms with E-state index in [0.29, 0.717) is 0 Å². The molecule has 0 saturated carbocycles. The fourth-order valence-corrected chi connectivity index (χ4v) is 2.55. The molecule has 90 valence electrons. The average molecular weight is 234 g/mol. The van der Waals surface area contributed by atoms with Gasteiger partial charge in [-0.2, -0.15) is 0 Å². The zero-order valence-electron chi connectivity index (χ0n) is 10.2. The number of likely N-dealkylation sites (tertiary alicyclic amines) is 1. The highest BCUT2D eigenvalue weighted by Crippen LogP contribution is 2.32. The van der Waals surface area contributed by atoms with E-state index >= 15 is 0 Å². The van der Waals surface area contributed by atoms with Crippen molar-refractivity contribution in [2.45, 2.75) is 13.3 Å². The lowest BCUT2D eigenvalue weighted by Gasteiger charge is -2.34. The quantitative estimate of drug-likeness (QED) is 0.683. The van der Waals surface area contributed by atoms with Crippen LogP contribution in [0.25, 0.3) is 0 Å². The van der Waals surface area contributed by atoms with E-state index in [1.807, 2.05) is 7.05 Å². The molecule has 1 aliphatic heterocycles. The van der Waals surface area contributed by atoms with Crippen LogP contribution in [0, 0.1) is 17.9 Å². The van der Waals surface area contributed by atoms with Crippen LogP contribution >= 0.6 is 0 Å². The highest BCUT2D eigenvalue weighted by Gasteiger charge is 2.35. The summed E-state index contributed by atoms with van der Waals surface area (Å²) in [6, 6.07) is 0. The minimum absolute atomic E-state index is 0.00969. The SMILES string of the molecule is CC(=O)[C@H]1CN(C)CCC1C1=[C+]C=C(F)C=C1. The summed E-state index contributed by atoms with van der Waals surface area (Å²) in [6.07, 6.45) is 8.44. The normalized spacial score (nSPS) is 29.4. The van der Waals surface area contributed by atoms with Crippen molar-refractivity contribution in [1.82, 2.24) is 4.90 Å². The van der Waals surface area contributed by atoms with E-state index in [4.69, 9.17) is 0 Å². The molecule has 0 spiro atoms. The summed E-state index contributed by atoms with van der Waals surface area (Å²) in [5.41, 5.74) is 0.958. The third kappa shape index (κ3) is 2.68. The van der Waals surface area contributed by atoms with E-state index in [0.717, 1.165) is 25.1 Å². The Balaban J connectivity index is 2.19. The third-order valence-electron chi connectivity index (χ3n) is 3.54. The summed E-state index contributed by atoms with van der Waals surface area (Å²) in [5.74, 6) is 0.125. The van der Waals surface area contributed by atoms with Crippen LogP contribution in [0.2, 0.25) is 0 Å². The highest BCUT2D eigenvalue weighted by atomic mass is 19.1. The zero-order chi connectivity index (χ0) is 12.4. The largest absolute Gasteiger partial charge is 0.306 e. The van der Waals surface area contributed by atoms with Crippen LogP contribution in [0.4, 0.5) is 4.39 Å². The molecule has 3 heteroatoms. The second-order valence-corrected chi connectivity index (χ2v) is 4.84. The summed E-state index contributed by atoms with van der Waals surface area (Å²) in [4.78, 5) is 13.9. The molecule has 1 saturated heterocycles. The minimum atomic E-state index is -0.277. The minimum Gasteiger partial charge on any atom is -0.306 e. The van der Waals surface area contributed by atoms with Crippen molar-refractivity contribution >= 4 is 5.78 Å². The molecular weight excluding hydrogens is 217 g/mol. The topological polar surface area (TPSA) is 20.3 Å². The molecule has 1 fully saturated rings. The number of hydrogen-bond donors (Lipinski definition) is 0. The first kappa shape index (κ1) is 12.2. The molecule has 2 rings (SSSR count). The summed E-state index contributed by atoms with van der Waals surface area (Å²) in [7, 11) is 2.03. The Morgan fingerprint density at radius 3 is 2.88 bits per heavy atom. The second kappa shape index (κ2) is 4.91. The number of halogens is 1. The van der Waals surface area contributed by atoms with Gasteiger partial charge >= 0.3 is 0 Å². The lowest BCUT2D eigenvalue weighted by Crippen LogP contribution is -2.41. The first-order chi connectivity index (χ1) is 8.08. The molecule has 0 amide bonds. The molecule has 2 aliphatic rings. The maximum Gasteiger partial charge on any atom is 0.240 e. The summed E-state index contributed by atoms with van der Waals surface area (Å²) >= 11 is 0. The molecule has 1 unspecified atom stereocenters. The van der Waals surface area contributed by atoms with Crippen molar-refractivity contribution < 1.29 is 9.18 Å². The van der Waals surface area contributed by atoms with E-state index in [2.05, 4.69) is 11.0 Å². The Labute approximate surface area is 101 Å². The Morgan fingerprint density at radius 2 is 2.29 bits per heavy atom. The average Bonchev–Trinajstić information content (AvgIpc) is 2.30. The van der Waals surface area contributed by atoms with Gasteiger partial charge in [-0.15, -0.1) is 4.39 Å². The predicted molar refractivity (Wildman–Crippen MR) is 64.9 cm³/mol. The number of carbonyl (C=O) groups excluding carboxylic acids is 1. The van der Waals surface area contributed by atoms with Crippen molar-refractivity contribution in [1.29, 1.82) is 0 Å². The molecular formula is C14H17FNO+. The van der Waals surface area contributed by atoms with Gasteiger partial charge in [0.2, 0.25) is 5.83 Å². The van der Waals surface area contributed by atoms with Crippen LogP contribution < -0.4 is 0 Å². The van der Waals surface area contributed by atoms with Crippen LogP contribution in [0.15, 0.2) is 29.6 Å². The fourth-order valence-electron chi connectivity index (χ4n) is 2.55. The summed E-state index contributed by atoms with van der Waals surface area (Å²) in [5, 5.41) is 0. The molecule has 0 aromatic carbocycles. The van der Waals surface area contributed by atoms with Crippen molar-refractivity contribution in [2.75, 3.05) is 20.1 Å². The van der Waals surface area contributed by atoms with E-state index in [1.54, 1.807) is 13.0 Å². The van der Waals surface area contributed by atoms with Gasteiger partial charge < -0.3 is 4.90 Å². The number of piperidine rings is 1. The molecule has 0 aromatic rings. The van der Waals surface area contributed by atoms with E-state index in [9.17, 15) is 9.18 Å². The van der Waals surface area contributed by atoms with Crippen LogP contribution in [-0.2, 0) is 4.79 Å². The Kier molecular flexibility index (Phi) is 3.51.